The highest BCUT2D eigenvalue weighted by atomic mass is 19.4. The topological polar surface area (TPSA) is 88.1 Å². The highest BCUT2D eigenvalue weighted by Gasteiger charge is 2.31. The van der Waals surface area contributed by atoms with E-state index in [1.165, 1.54) is 29.2 Å². The van der Waals surface area contributed by atoms with Crippen LogP contribution in [-0.4, -0.2) is 47.6 Å². The van der Waals surface area contributed by atoms with Gasteiger partial charge >= 0.3 is 12.5 Å². The van der Waals surface area contributed by atoms with E-state index in [9.17, 15) is 22.8 Å². The molecular weight excluding hydrogens is 489 g/mol. The first kappa shape index (κ1) is 25.9. The summed E-state index contributed by atoms with van der Waals surface area (Å²) in [6.07, 6.45) is -4.72. The number of carbonyl (C=O) groups excluding carboxylic acids is 1. The predicted molar refractivity (Wildman–Crippen MR) is 131 cm³/mol. The number of carbonyl (C=O) groups is 2. The zero-order valence-electron chi connectivity index (χ0n) is 19.9. The molecular formula is C27H25F3N2O5. The van der Waals surface area contributed by atoms with Crippen LogP contribution in [0.1, 0.15) is 28.8 Å². The van der Waals surface area contributed by atoms with Crippen LogP contribution < -0.4 is 14.8 Å². The second kappa shape index (κ2) is 10.8. The molecule has 0 bridgehead atoms. The quantitative estimate of drug-likeness (QED) is 0.401. The fourth-order valence-corrected chi connectivity index (χ4v) is 4.27. The summed E-state index contributed by atoms with van der Waals surface area (Å²) in [5.74, 6) is -0.182. The Kier molecular flexibility index (Phi) is 7.56. The van der Waals surface area contributed by atoms with Gasteiger partial charge in [0, 0.05) is 43.2 Å². The molecule has 0 aromatic heterocycles. The monoisotopic (exact) mass is 514 g/mol. The molecule has 1 saturated heterocycles. The van der Waals surface area contributed by atoms with E-state index < -0.39 is 12.5 Å². The lowest BCUT2D eigenvalue weighted by atomic mass is 9.94. The molecule has 0 atom stereocenters. The zero-order valence-corrected chi connectivity index (χ0v) is 19.9. The molecule has 3 aromatic carbocycles. The van der Waals surface area contributed by atoms with Crippen molar-refractivity contribution < 1.29 is 37.3 Å². The maximum absolute atomic E-state index is 13.2. The number of hydrogen-bond donors (Lipinski definition) is 2. The zero-order chi connectivity index (χ0) is 26.6. The number of carboxylic acid groups (broad SMARTS) is 1. The highest BCUT2D eigenvalue weighted by Crippen LogP contribution is 2.31. The van der Waals surface area contributed by atoms with E-state index in [4.69, 9.17) is 9.84 Å². The Bertz CT molecular complexity index is 1270. The van der Waals surface area contributed by atoms with Gasteiger partial charge < -0.3 is 24.8 Å². The number of benzene rings is 3. The Hall–Kier alpha value is -4.21. The molecule has 1 aliphatic heterocycles. The van der Waals surface area contributed by atoms with Gasteiger partial charge in [0.1, 0.15) is 17.6 Å². The Labute approximate surface area is 211 Å². The van der Waals surface area contributed by atoms with Crippen molar-refractivity contribution in [3.8, 4) is 22.6 Å². The van der Waals surface area contributed by atoms with E-state index >= 15 is 0 Å². The van der Waals surface area contributed by atoms with Gasteiger partial charge in [0.25, 0.3) is 5.91 Å². The first-order valence-corrected chi connectivity index (χ1v) is 11.6. The van der Waals surface area contributed by atoms with Crippen LogP contribution in [0.3, 0.4) is 0 Å². The van der Waals surface area contributed by atoms with Crippen LogP contribution in [0.2, 0.25) is 0 Å². The number of anilines is 1. The summed E-state index contributed by atoms with van der Waals surface area (Å²) in [5.41, 5.74) is 2.81. The smallest absolute Gasteiger partial charge is 0.490 e. The molecule has 7 nitrogen and oxygen atoms in total. The number of nitrogens with zero attached hydrogens (tertiary/aromatic N) is 1. The summed E-state index contributed by atoms with van der Waals surface area (Å²) < 4.78 is 47.5. The molecule has 37 heavy (non-hydrogen) atoms. The summed E-state index contributed by atoms with van der Waals surface area (Å²) >= 11 is 0. The number of piperidine rings is 1. The summed E-state index contributed by atoms with van der Waals surface area (Å²) in [7, 11) is 0. The van der Waals surface area contributed by atoms with E-state index in [-0.39, 0.29) is 17.8 Å². The fraction of sp³-hybridized carbons (Fsp3) is 0.259. The summed E-state index contributed by atoms with van der Waals surface area (Å²) in [5, 5.41) is 11.9. The van der Waals surface area contributed by atoms with Crippen molar-refractivity contribution >= 4 is 17.7 Å². The number of hydrogen-bond acceptors (Lipinski definition) is 4. The van der Waals surface area contributed by atoms with Gasteiger partial charge in [0.15, 0.2) is 0 Å². The second-order valence-electron chi connectivity index (χ2n) is 8.64. The molecule has 0 spiro atoms. The van der Waals surface area contributed by atoms with Gasteiger partial charge in [-0.1, -0.05) is 30.3 Å². The van der Waals surface area contributed by atoms with Crippen molar-refractivity contribution in [2.45, 2.75) is 32.2 Å². The van der Waals surface area contributed by atoms with Gasteiger partial charge in [0.2, 0.25) is 0 Å². The number of amides is 2. The first-order chi connectivity index (χ1) is 17.6. The number of rotatable bonds is 6. The van der Waals surface area contributed by atoms with Crippen LogP contribution in [0.4, 0.5) is 23.7 Å². The number of halogens is 3. The minimum atomic E-state index is -4.79. The van der Waals surface area contributed by atoms with Crippen LogP contribution >= 0.6 is 0 Å². The van der Waals surface area contributed by atoms with E-state index in [0.29, 0.717) is 54.1 Å². The van der Waals surface area contributed by atoms with Gasteiger partial charge in [-0.05, 0) is 53.9 Å². The average molecular weight is 515 g/mol. The third kappa shape index (κ3) is 6.72. The van der Waals surface area contributed by atoms with Crippen molar-refractivity contribution in [1.29, 1.82) is 0 Å². The molecule has 10 heteroatoms. The minimum Gasteiger partial charge on any atom is -0.490 e. The van der Waals surface area contributed by atoms with Crippen LogP contribution in [0, 0.1) is 6.92 Å². The third-order valence-corrected chi connectivity index (χ3v) is 6.00. The molecule has 4 rings (SSSR count). The number of alkyl halides is 3. The lowest BCUT2D eigenvalue weighted by molar-refractivity contribution is -0.274. The molecule has 194 valence electrons. The summed E-state index contributed by atoms with van der Waals surface area (Å²) in [4.78, 5) is 25.7. The predicted octanol–water partition coefficient (Wildman–Crippen LogP) is 6.33. The lowest BCUT2D eigenvalue weighted by Gasteiger charge is -2.30. The summed E-state index contributed by atoms with van der Waals surface area (Å²) in [6, 6.07) is 17.5. The molecule has 2 amide bonds. The molecule has 1 heterocycles. The largest absolute Gasteiger partial charge is 0.573 e. The van der Waals surface area contributed by atoms with Crippen LogP contribution in [0.15, 0.2) is 66.7 Å². The second-order valence-corrected chi connectivity index (χ2v) is 8.64. The number of likely N-dealkylation sites (tertiary alicyclic amines) is 1. The van der Waals surface area contributed by atoms with Crippen LogP contribution in [0.25, 0.3) is 11.1 Å². The molecule has 0 aliphatic carbocycles. The summed E-state index contributed by atoms with van der Waals surface area (Å²) in [6.45, 7) is 2.61. The van der Waals surface area contributed by atoms with E-state index in [1.54, 1.807) is 36.4 Å². The molecule has 0 unspecified atom stereocenters. The molecule has 1 aliphatic rings. The van der Waals surface area contributed by atoms with E-state index in [1.807, 2.05) is 13.0 Å². The first-order valence-electron chi connectivity index (χ1n) is 11.6. The Balaban J connectivity index is 1.48. The highest BCUT2D eigenvalue weighted by molar-refractivity contribution is 6.09. The maximum atomic E-state index is 13.2. The number of nitrogens with one attached hydrogen (secondary N) is 1. The SMILES string of the molecule is Cc1cccc(C(=O)Nc2cccc(OC3CCN(C(=O)O)CC3)c2)c1-c1ccc(OC(F)(F)F)cc1. The maximum Gasteiger partial charge on any atom is 0.573 e. The van der Waals surface area contributed by atoms with E-state index in [2.05, 4.69) is 10.1 Å². The Morgan fingerprint density at radius 3 is 2.30 bits per heavy atom. The standard InChI is InChI=1S/C27H25F3N2O5/c1-17-4-2-7-23(24(17)18-8-10-21(11-9-18)37-27(28,29)30)25(33)31-19-5-3-6-22(16-19)36-20-12-14-32(15-13-20)26(34)35/h2-11,16,20H,12-15H2,1H3,(H,31,33)(H,34,35). The van der Waals surface area contributed by atoms with E-state index in [0.717, 1.165) is 5.56 Å². The van der Waals surface area contributed by atoms with Crippen molar-refractivity contribution in [1.82, 2.24) is 4.90 Å². The normalized spacial score (nSPS) is 14.2. The van der Waals surface area contributed by atoms with Crippen molar-refractivity contribution in [2.75, 3.05) is 18.4 Å². The average Bonchev–Trinajstić information content (AvgIpc) is 2.84. The fourth-order valence-electron chi connectivity index (χ4n) is 4.27. The minimum absolute atomic E-state index is 0.130. The Morgan fingerprint density at radius 1 is 0.973 bits per heavy atom. The molecule has 3 aromatic rings. The molecule has 0 saturated carbocycles. The van der Waals surface area contributed by atoms with Gasteiger partial charge in [-0.3, -0.25) is 4.79 Å². The lowest BCUT2D eigenvalue weighted by Crippen LogP contribution is -2.41. The van der Waals surface area contributed by atoms with Crippen molar-refractivity contribution in [3.05, 3.63) is 77.9 Å². The Morgan fingerprint density at radius 2 is 1.65 bits per heavy atom. The van der Waals surface area contributed by atoms with Gasteiger partial charge in [-0.15, -0.1) is 13.2 Å². The number of aryl methyl sites for hydroxylation is 1. The van der Waals surface area contributed by atoms with Crippen molar-refractivity contribution in [2.24, 2.45) is 0 Å². The van der Waals surface area contributed by atoms with Gasteiger partial charge in [0.05, 0.1) is 0 Å². The molecule has 0 radical (unpaired) electrons. The van der Waals surface area contributed by atoms with Crippen LogP contribution in [-0.2, 0) is 0 Å². The number of ether oxygens (including phenoxy) is 2. The third-order valence-electron chi connectivity index (χ3n) is 6.00. The van der Waals surface area contributed by atoms with Crippen LogP contribution in [0.5, 0.6) is 11.5 Å². The van der Waals surface area contributed by atoms with Crippen molar-refractivity contribution in [3.63, 3.8) is 0 Å². The molecule has 1 fully saturated rings. The molecule has 2 N–H and O–H groups in total. The van der Waals surface area contributed by atoms with Gasteiger partial charge in [-0.25, -0.2) is 4.79 Å². The van der Waals surface area contributed by atoms with Gasteiger partial charge in [-0.2, -0.15) is 0 Å².